The summed E-state index contributed by atoms with van der Waals surface area (Å²) in [5.41, 5.74) is 4.21. The minimum absolute atomic E-state index is 0.0181. The van der Waals surface area contributed by atoms with E-state index in [0.29, 0.717) is 36.8 Å². The van der Waals surface area contributed by atoms with E-state index in [-0.39, 0.29) is 5.91 Å². The van der Waals surface area contributed by atoms with Gasteiger partial charge in [-0.2, -0.15) is 0 Å². The summed E-state index contributed by atoms with van der Waals surface area (Å²) >= 11 is 0. The van der Waals surface area contributed by atoms with Crippen molar-refractivity contribution in [1.29, 1.82) is 0 Å². The van der Waals surface area contributed by atoms with Crippen LogP contribution < -0.4 is 9.47 Å². The van der Waals surface area contributed by atoms with E-state index in [1.165, 1.54) is 16.6 Å². The number of aromatic amines is 1. The van der Waals surface area contributed by atoms with Crippen molar-refractivity contribution in [2.45, 2.75) is 19.9 Å². The first-order valence-corrected chi connectivity index (χ1v) is 8.89. The summed E-state index contributed by atoms with van der Waals surface area (Å²) in [4.78, 5) is 18.4. The molecule has 0 saturated carbocycles. The number of H-pyrrole nitrogens is 1. The third kappa shape index (κ3) is 2.79. The molecule has 0 fully saturated rings. The van der Waals surface area contributed by atoms with E-state index in [9.17, 15) is 4.79 Å². The van der Waals surface area contributed by atoms with Gasteiger partial charge in [0.15, 0.2) is 11.5 Å². The van der Waals surface area contributed by atoms with Crippen LogP contribution in [0.25, 0.3) is 10.9 Å². The van der Waals surface area contributed by atoms with E-state index in [4.69, 9.17) is 9.47 Å². The summed E-state index contributed by atoms with van der Waals surface area (Å²) in [7, 11) is 1.60. The number of nitrogens with zero attached hydrogens (tertiary/aromatic N) is 1. The first kappa shape index (κ1) is 16.5. The van der Waals surface area contributed by atoms with Gasteiger partial charge in [0.2, 0.25) is 0 Å². The van der Waals surface area contributed by atoms with Crippen molar-refractivity contribution in [3.8, 4) is 11.5 Å². The largest absolute Gasteiger partial charge is 0.493 e. The molecule has 1 aliphatic heterocycles. The lowest BCUT2D eigenvalue weighted by molar-refractivity contribution is 0.0734. The van der Waals surface area contributed by atoms with E-state index in [1.54, 1.807) is 25.3 Å². The van der Waals surface area contributed by atoms with Crippen molar-refractivity contribution >= 4 is 16.8 Å². The number of methoxy groups -OCH3 is 1. The smallest absolute Gasteiger partial charge is 0.254 e. The lowest BCUT2D eigenvalue weighted by Gasteiger charge is -2.27. The molecule has 26 heavy (non-hydrogen) atoms. The number of rotatable bonds is 4. The van der Waals surface area contributed by atoms with Crippen molar-refractivity contribution in [3.63, 3.8) is 0 Å². The molecular weight excluding hydrogens is 328 g/mol. The van der Waals surface area contributed by atoms with Crippen LogP contribution in [0.15, 0.2) is 42.5 Å². The normalized spacial score (nSPS) is 13.5. The Morgan fingerprint density at radius 2 is 2.04 bits per heavy atom. The molecule has 0 atom stereocenters. The van der Waals surface area contributed by atoms with E-state index in [0.717, 1.165) is 11.9 Å². The zero-order valence-corrected chi connectivity index (χ0v) is 15.0. The number of carbonyl (C=O) groups excluding carboxylic acids is 1. The fourth-order valence-corrected chi connectivity index (χ4v) is 3.60. The lowest BCUT2D eigenvalue weighted by atomic mass is 10.0. The maximum absolute atomic E-state index is 13.0. The Bertz CT molecular complexity index is 961. The molecule has 0 aliphatic carbocycles. The van der Waals surface area contributed by atoms with Crippen molar-refractivity contribution in [2.24, 2.45) is 0 Å². The van der Waals surface area contributed by atoms with Crippen LogP contribution in [0, 0.1) is 0 Å². The topological polar surface area (TPSA) is 54.6 Å². The highest BCUT2D eigenvalue weighted by atomic mass is 16.5. The summed E-state index contributed by atoms with van der Waals surface area (Å²) in [6.45, 7) is 3.76. The minimum atomic E-state index is 0.0181. The Balaban J connectivity index is 1.62. The molecule has 1 aliphatic rings. The molecule has 0 unspecified atom stereocenters. The van der Waals surface area contributed by atoms with Crippen molar-refractivity contribution in [3.05, 3.63) is 59.3 Å². The predicted molar refractivity (Wildman–Crippen MR) is 101 cm³/mol. The third-order valence-electron chi connectivity index (χ3n) is 4.88. The molecule has 0 saturated heterocycles. The highest BCUT2D eigenvalue weighted by Gasteiger charge is 2.25. The Morgan fingerprint density at radius 1 is 1.19 bits per heavy atom. The van der Waals surface area contributed by atoms with Gasteiger partial charge in [0.1, 0.15) is 0 Å². The molecule has 1 amide bonds. The highest BCUT2D eigenvalue weighted by molar-refractivity contribution is 5.95. The van der Waals surface area contributed by atoms with Gasteiger partial charge in [-0.3, -0.25) is 4.79 Å². The van der Waals surface area contributed by atoms with Crippen LogP contribution >= 0.6 is 0 Å². The summed E-state index contributed by atoms with van der Waals surface area (Å²) in [6, 6.07) is 13.6. The summed E-state index contributed by atoms with van der Waals surface area (Å²) in [5.74, 6) is 1.26. The molecule has 3 aromatic rings. The van der Waals surface area contributed by atoms with Crippen LogP contribution in [0.1, 0.15) is 28.5 Å². The second kappa shape index (κ2) is 6.75. The molecule has 0 bridgehead atoms. The number of carbonyl (C=O) groups is 1. The molecule has 0 radical (unpaired) electrons. The first-order chi connectivity index (χ1) is 12.7. The number of hydrogen-bond acceptors (Lipinski definition) is 3. The van der Waals surface area contributed by atoms with Gasteiger partial charge >= 0.3 is 0 Å². The number of fused-ring (bicyclic) bond motifs is 3. The molecule has 5 nitrogen and oxygen atoms in total. The fraction of sp³-hybridized carbons (Fsp3) is 0.286. The van der Waals surface area contributed by atoms with Gasteiger partial charge in [-0.25, -0.2) is 0 Å². The average molecular weight is 350 g/mol. The van der Waals surface area contributed by atoms with Gasteiger partial charge in [-0.1, -0.05) is 18.2 Å². The second-order valence-corrected chi connectivity index (χ2v) is 6.40. The van der Waals surface area contributed by atoms with Crippen LogP contribution in [-0.4, -0.2) is 36.1 Å². The van der Waals surface area contributed by atoms with Gasteiger partial charge in [0.05, 0.1) is 13.7 Å². The van der Waals surface area contributed by atoms with Gasteiger partial charge < -0.3 is 19.4 Å². The number of ether oxygens (including phenoxy) is 2. The maximum Gasteiger partial charge on any atom is 0.254 e. The number of nitrogens with one attached hydrogen (secondary N) is 1. The molecule has 2 heterocycles. The fourth-order valence-electron chi connectivity index (χ4n) is 3.60. The van der Waals surface area contributed by atoms with Gasteiger partial charge in [0, 0.05) is 47.2 Å². The van der Waals surface area contributed by atoms with Crippen LogP contribution in [0.5, 0.6) is 11.5 Å². The Labute approximate surface area is 152 Å². The number of benzene rings is 2. The average Bonchev–Trinajstić information content (AvgIpc) is 3.05. The van der Waals surface area contributed by atoms with E-state index < -0.39 is 0 Å². The van der Waals surface area contributed by atoms with Crippen molar-refractivity contribution < 1.29 is 14.3 Å². The number of para-hydroxylation sites is 1. The number of amides is 1. The first-order valence-electron chi connectivity index (χ1n) is 8.89. The molecular formula is C21H22N2O3. The highest BCUT2D eigenvalue weighted by Crippen LogP contribution is 2.31. The van der Waals surface area contributed by atoms with Crippen LogP contribution in [0.2, 0.25) is 0 Å². The summed E-state index contributed by atoms with van der Waals surface area (Å²) < 4.78 is 10.9. The molecule has 0 spiro atoms. The quantitative estimate of drug-likeness (QED) is 0.779. The SMILES string of the molecule is CCOc1cc(C(=O)N2CCc3[nH]c4ccccc4c3C2)ccc1OC. The van der Waals surface area contributed by atoms with Gasteiger partial charge in [-0.05, 0) is 31.2 Å². The maximum atomic E-state index is 13.0. The Morgan fingerprint density at radius 3 is 2.85 bits per heavy atom. The molecule has 1 N–H and O–H groups in total. The monoisotopic (exact) mass is 350 g/mol. The van der Waals surface area contributed by atoms with Crippen LogP contribution in [0.3, 0.4) is 0 Å². The molecule has 4 rings (SSSR count). The second-order valence-electron chi connectivity index (χ2n) is 6.40. The third-order valence-corrected chi connectivity index (χ3v) is 4.88. The van der Waals surface area contributed by atoms with Crippen LogP contribution in [0.4, 0.5) is 0 Å². The van der Waals surface area contributed by atoms with E-state index in [2.05, 4.69) is 17.1 Å². The van der Waals surface area contributed by atoms with E-state index >= 15 is 0 Å². The number of aromatic nitrogens is 1. The lowest BCUT2D eigenvalue weighted by Crippen LogP contribution is -2.35. The molecule has 5 heteroatoms. The minimum Gasteiger partial charge on any atom is -0.493 e. The standard InChI is InChI=1S/C21H22N2O3/c1-3-26-20-12-14(8-9-19(20)25-2)21(24)23-11-10-18-16(13-23)15-6-4-5-7-17(15)22-18/h4-9,12,22H,3,10-11,13H2,1-2H3. The number of hydrogen-bond donors (Lipinski definition) is 1. The molecule has 134 valence electrons. The zero-order valence-electron chi connectivity index (χ0n) is 15.0. The summed E-state index contributed by atoms with van der Waals surface area (Å²) in [6.07, 6.45) is 0.838. The zero-order chi connectivity index (χ0) is 18.1. The van der Waals surface area contributed by atoms with Crippen molar-refractivity contribution in [2.75, 3.05) is 20.3 Å². The van der Waals surface area contributed by atoms with Gasteiger partial charge in [-0.15, -0.1) is 0 Å². The summed E-state index contributed by atoms with van der Waals surface area (Å²) in [5, 5.41) is 1.20. The Kier molecular flexibility index (Phi) is 4.29. The van der Waals surface area contributed by atoms with Gasteiger partial charge in [0.25, 0.3) is 5.91 Å². The van der Waals surface area contributed by atoms with Crippen molar-refractivity contribution in [1.82, 2.24) is 9.88 Å². The molecule has 2 aromatic carbocycles. The predicted octanol–water partition coefficient (Wildman–Crippen LogP) is 3.77. The Hall–Kier alpha value is -2.95. The van der Waals surface area contributed by atoms with Crippen LogP contribution in [-0.2, 0) is 13.0 Å². The molecule has 1 aromatic heterocycles. The van der Waals surface area contributed by atoms with E-state index in [1.807, 2.05) is 24.0 Å².